The number of halogens is 1. The van der Waals surface area contributed by atoms with Crippen molar-refractivity contribution in [3.05, 3.63) is 71.1 Å². The molecule has 0 saturated carbocycles. The maximum absolute atomic E-state index is 13.2. The van der Waals surface area contributed by atoms with Crippen molar-refractivity contribution in [1.82, 2.24) is 10.3 Å². The van der Waals surface area contributed by atoms with E-state index in [1.54, 1.807) is 30.6 Å². The molecule has 8 heteroatoms. The molecular weight excluding hydrogens is 393 g/mol. The summed E-state index contributed by atoms with van der Waals surface area (Å²) in [5.74, 6) is -1.20. The number of pyridine rings is 1. The Balaban J connectivity index is 1.73. The molecule has 1 aromatic carbocycles. The molecule has 0 aliphatic carbocycles. The standard InChI is InChI=1S/C21H20FN3O3S/c1-2-28-21(27)19-17(14-6-8-15(22)9-7-14)13-29-20(19)25-18(26)12-23-11-16-5-3-4-10-24-16/h3-10,13,23H,2,11-12H2,1H3,(H,25,26). The zero-order valence-corrected chi connectivity index (χ0v) is 16.6. The number of rotatable bonds is 8. The van der Waals surface area contributed by atoms with Gasteiger partial charge in [0.1, 0.15) is 16.4 Å². The van der Waals surface area contributed by atoms with Gasteiger partial charge in [-0.05, 0) is 36.8 Å². The molecule has 0 saturated heterocycles. The van der Waals surface area contributed by atoms with Gasteiger partial charge in [-0.3, -0.25) is 9.78 Å². The van der Waals surface area contributed by atoms with Gasteiger partial charge >= 0.3 is 5.97 Å². The normalized spacial score (nSPS) is 10.6. The fourth-order valence-corrected chi connectivity index (χ4v) is 3.65. The minimum Gasteiger partial charge on any atom is -0.462 e. The van der Waals surface area contributed by atoms with E-state index in [0.29, 0.717) is 22.7 Å². The third-order valence-corrected chi connectivity index (χ3v) is 4.89. The highest BCUT2D eigenvalue weighted by molar-refractivity contribution is 7.15. The van der Waals surface area contributed by atoms with Gasteiger partial charge in [0.05, 0.1) is 18.8 Å². The first kappa shape index (κ1) is 20.6. The van der Waals surface area contributed by atoms with E-state index in [9.17, 15) is 14.0 Å². The Kier molecular flexibility index (Phi) is 7.04. The summed E-state index contributed by atoms with van der Waals surface area (Å²) in [6.07, 6.45) is 1.69. The molecule has 3 aromatic rings. The van der Waals surface area contributed by atoms with E-state index >= 15 is 0 Å². The number of hydrogen-bond donors (Lipinski definition) is 2. The minimum atomic E-state index is -0.537. The molecule has 29 heavy (non-hydrogen) atoms. The maximum Gasteiger partial charge on any atom is 0.341 e. The number of benzene rings is 1. The molecular formula is C21H20FN3O3S. The second-order valence-electron chi connectivity index (χ2n) is 6.05. The summed E-state index contributed by atoms with van der Waals surface area (Å²) < 4.78 is 18.4. The number of aromatic nitrogens is 1. The third-order valence-electron chi connectivity index (χ3n) is 4.00. The van der Waals surface area contributed by atoms with Gasteiger partial charge in [0.25, 0.3) is 0 Å². The molecule has 0 unspecified atom stereocenters. The number of ether oxygens (including phenoxy) is 1. The number of thiophene rings is 1. The second-order valence-corrected chi connectivity index (χ2v) is 6.93. The number of amides is 1. The lowest BCUT2D eigenvalue weighted by Crippen LogP contribution is -2.28. The van der Waals surface area contributed by atoms with Crippen molar-refractivity contribution in [1.29, 1.82) is 0 Å². The summed E-state index contributed by atoms with van der Waals surface area (Å²) in [5.41, 5.74) is 2.34. The number of carbonyl (C=O) groups is 2. The van der Waals surface area contributed by atoms with Crippen LogP contribution in [0.25, 0.3) is 11.1 Å². The Morgan fingerprint density at radius 3 is 2.66 bits per heavy atom. The number of nitrogens with zero attached hydrogens (tertiary/aromatic N) is 1. The number of nitrogens with one attached hydrogen (secondary N) is 2. The van der Waals surface area contributed by atoms with Gasteiger partial charge in [0, 0.05) is 23.7 Å². The largest absolute Gasteiger partial charge is 0.462 e. The van der Waals surface area contributed by atoms with Crippen molar-refractivity contribution < 1.29 is 18.7 Å². The summed E-state index contributed by atoms with van der Waals surface area (Å²) >= 11 is 1.22. The van der Waals surface area contributed by atoms with Crippen molar-refractivity contribution in [2.24, 2.45) is 0 Å². The Hall–Kier alpha value is -3.10. The van der Waals surface area contributed by atoms with E-state index in [0.717, 1.165) is 5.69 Å². The number of hydrogen-bond acceptors (Lipinski definition) is 6. The maximum atomic E-state index is 13.2. The lowest BCUT2D eigenvalue weighted by molar-refractivity contribution is -0.115. The first-order valence-electron chi connectivity index (χ1n) is 9.03. The molecule has 2 aromatic heterocycles. The minimum absolute atomic E-state index is 0.0582. The van der Waals surface area contributed by atoms with Crippen LogP contribution in [0, 0.1) is 5.82 Å². The van der Waals surface area contributed by atoms with Gasteiger partial charge in [-0.2, -0.15) is 0 Å². The molecule has 0 bridgehead atoms. The molecule has 0 aliphatic rings. The van der Waals surface area contributed by atoms with Crippen LogP contribution in [-0.2, 0) is 16.1 Å². The van der Waals surface area contributed by atoms with Crippen LogP contribution in [0.3, 0.4) is 0 Å². The molecule has 1 amide bonds. The number of anilines is 1. The van der Waals surface area contributed by atoms with Crippen LogP contribution in [0.4, 0.5) is 9.39 Å². The topological polar surface area (TPSA) is 80.3 Å². The monoisotopic (exact) mass is 413 g/mol. The van der Waals surface area contributed by atoms with Crippen LogP contribution in [-0.4, -0.2) is 30.0 Å². The van der Waals surface area contributed by atoms with E-state index < -0.39 is 5.97 Å². The van der Waals surface area contributed by atoms with Crippen LogP contribution in [0.5, 0.6) is 0 Å². The molecule has 0 spiro atoms. The van der Waals surface area contributed by atoms with E-state index in [1.807, 2.05) is 18.2 Å². The lowest BCUT2D eigenvalue weighted by atomic mass is 10.0. The highest BCUT2D eigenvalue weighted by Crippen LogP contribution is 2.36. The fourth-order valence-electron chi connectivity index (χ4n) is 2.68. The molecule has 2 heterocycles. The predicted molar refractivity (Wildman–Crippen MR) is 110 cm³/mol. The van der Waals surface area contributed by atoms with Gasteiger partial charge in [0.2, 0.25) is 5.91 Å². The van der Waals surface area contributed by atoms with Crippen LogP contribution in [0.15, 0.2) is 54.0 Å². The lowest BCUT2D eigenvalue weighted by Gasteiger charge is -2.09. The SMILES string of the molecule is CCOC(=O)c1c(-c2ccc(F)cc2)csc1NC(=O)CNCc1ccccn1. The zero-order valence-electron chi connectivity index (χ0n) is 15.8. The number of carbonyl (C=O) groups excluding carboxylic acids is 2. The van der Waals surface area contributed by atoms with E-state index in [-0.39, 0.29) is 30.4 Å². The van der Waals surface area contributed by atoms with Gasteiger partial charge in [-0.15, -0.1) is 11.3 Å². The number of esters is 1. The summed E-state index contributed by atoms with van der Waals surface area (Å²) in [7, 11) is 0. The summed E-state index contributed by atoms with van der Waals surface area (Å²) in [5, 5.41) is 7.91. The molecule has 150 valence electrons. The third kappa shape index (κ3) is 5.46. The Bertz CT molecular complexity index is 975. The summed E-state index contributed by atoms with van der Waals surface area (Å²) in [4.78, 5) is 29.0. The molecule has 3 rings (SSSR count). The van der Waals surface area contributed by atoms with Gasteiger partial charge in [-0.25, -0.2) is 9.18 Å². The van der Waals surface area contributed by atoms with E-state index in [4.69, 9.17) is 4.74 Å². The highest BCUT2D eigenvalue weighted by atomic mass is 32.1. The first-order chi connectivity index (χ1) is 14.1. The molecule has 0 aliphatic heterocycles. The van der Waals surface area contributed by atoms with E-state index in [2.05, 4.69) is 15.6 Å². The molecule has 0 fully saturated rings. The predicted octanol–water partition coefficient (Wildman–Crippen LogP) is 3.85. The fraction of sp³-hybridized carbons (Fsp3) is 0.190. The van der Waals surface area contributed by atoms with Crippen molar-refractivity contribution in [2.75, 3.05) is 18.5 Å². The molecule has 0 atom stereocenters. The smallest absolute Gasteiger partial charge is 0.341 e. The van der Waals surface area contributed by atoms with Crippen molar-refractivity contribution in [3.63, 3.8) is 0 Å². The second kappa shape index (κ2) is 9.90. The Labute approximate surface area is 171 Å². The summed E-state index contributed by atoms with van der Waals surface area (Å²) in [6.45, 7) is 2.42. The molecule has 6 nitrogen and oxygen atoms in total. The van der Waals surface area contributed by atoms with Gasteiger partial charge < -0.3 is 15.4 Å². The molecule has 2 N–H and O–H groups in total. The molecule has 0 radical (unpaired) electrons. The highest BCUT2D eigenvalue weighted by Gasteiger charge is 2.22. The van der Waals surface area contributed by atoms with Crippen LogP contribution < -0.4 is 10.6 Å². The van der Waals surface area contributed by atoms with Crippen molar-refractivity contribution >= 4 is 28.2 Å². The zero-order chi connectivity index (χ0) is 20.6. The quantitative estimate of drug-likeness (QED) is 0.548. The first-order valence-corrected chi connectivity index (χ1v) is 9.91. The Morgan fingerprint density at radius 1 is 1.17 bits per heavy atom. The van der Waals surface area contributed by atoms with Crippen molar-refractivity contribution in [2.45, 2.75) is 13.5 Å². The van der Waals surface area contributed by atoms with E-state index in [1.165, 1.54) is 23.5 Å². The van der Waals surface area contributed by atoms with Gasteiger partial charge in [-0.1, -0.05) is 18.2 Å². The van der Waals surface area contributed by atoms with Crippen LogP contribution >= 0.6 is 11.3 Å². The Morgan fingerprint density at radius 2 is 1.97 bits per heavy atom. The average molecular weight is 413 g/mol. The summed E-state index contributed by atoms with van der Waals surface area (Å²) in [6, 6.07) is 11.4. The van der Waals surface area contributed by atoms with Crippen LogP contribution in [0.1, 0.15) is 23.0 Å². The average Bonchev–Trinajstić information content (AvgIpc) is 3.13. The van der Waals surface area contributed by atoms with Crippen LogP contribution in [0.2, 0.25) is 0 Å². The van der Waals surface area contributed by atoms with Crippen molar-refractivity contribution in [3.8, 4) is 11.1 Å². The van der Waals surface area contributed by atoms with Gasteiger partial charge in [0.15, 0.2) is 0 Å².